The summed E-state index contributed by atoms with van der Waals surface area (Å²) in [6.45, 7) is 3.29. The normalized spacial score (nSPS) is 10.5. The molecule has 0 radical (unpaired) electrons. The summed E-state index contributed by atoms with van der Waals surface area (Å²) in [7, 11) is 1.35. The van der Waals surface area contributed by atoms with Gasteiger partial charge in [0, 0.05) is 12.7 Å². The first-order valence-corrected chi connectivity index (χ1v) is 5.04. The van der Waals surface area contributed by atoms with Crippen LogP contribution in [0.2, 0.25) is 0 Å². The largest absolute Gasteiger partial charge is 0.468 e. The molecular formula is C11H15FN2O2. The van der Waals surface area contributed by atoms with Crippen LogP contribution in [0, 0.1) is 5.82 Å². The van der Waals surface area contributed by atoms with Gasteiger partial charge in [0.15, 0.2) is 0 Å². The molecular weight excluding hydrogens is 211 g/mol. The first-order chi connectivity index (χ1) is 7.65. The van der Waals surface area contributed by atoms with Crippen molar-refractivity contribution in [3.05, 3.63) is 29.8 Å². The molecule has 0 aromatic carbocycles. The number of nitrogens with zero attached hydrogens (tertiary/aromatic N) is 2. The second-order valence-electron chi connectivity index (χ2n) is 3.39. The fourth-order valence-corrected chi connectivity index (χ4v) is 1.33. The lowest BCUT2D eigenvalue weighted by Crippen LogP contribution is -2.30. The third-order valence-electron chi connectivity index (χ3n) is 2.20. The Labute approximate surface area is 94.0 Å². The Balaban J connectivity index is 2.59. The Kier molecular flexibility index (Phi) is 4.85. The van der Waals surface area contributed by atoms with Gasteiger partial charge in [-0.15, -0.1) is 0 Å². The lowest BCUT2D eigenvalue weighted by Gasteiger charge is -2.18. The van der Waals surface area contributed by atoms with Crippen molar-refractivity contribution in [1.29, 1.82) is 0 Å². The van der Waals surface area contributed by atoms with Crippen LogP contribution >= 0.6 is 0 Å². The van der Waals surface area contributed by atoms with E-state index in [4.69, 9.17) is 0 Å². The predicted octanol–water partition coefficient (Wildman–Crippen LogP) is 1.22. The number of halogens is 1. The van der Waals surface area contributed by atoms with E-state index in [1.165, 1.54) is 13.2 Å². The molecule has 4 nitrogen and oxygen atoms in total. The lowest BCUT2D eigenvalue weighted by atomic mass is 10.2. The maximum atomic E-state index is 12.9. The fourth-order valence-electron chi connectivity index (χ4n) is 1.33. The van der Waals surface area contributed by atoms with E-state index in [1.54, 1.807) is 6.20 Å². The number of aromatic nitrogens is 1. The maximum Gasteiger partial charge on any atom is 0.319 e. The average molecular weight is 226 g/mol. The SMILES string of the molecule is CCN(CC(=O)OC)Cc1cncc(F)c1. The summed E-state index contributed by atoms with van der Waals surface area (Å²) < 4.78 is 17.5. The molecule has 0 aliphatic rings. The summed E-state index contributed by atoms with van der Waals surface area (Å²) in [5.41, 5.74) is 0.741. The summed E-state index contributed by atoms with van der Waals surface area (Å²) in [5, 5.41) is 0. The number of rotatable bonds is 5. The molecule has 88 valence electrons. The summed E-state index contributed by atoms with van der Waals surface area (Å²) >= 11 is 0. The zero-order chi connectivity index (χ0) is 12.0. The van der Waals surface area contributed by atoms with Crippen LogP contribution in [0.1, 0.15) is 12.5 Å². The minimum absolute atomic E-state index is 0.198. The van der Waals surface area contributed by atoms with E-state index in [-0.39, 0.29) is 18.3 Å². The molecule has 16 heavy (non-hydrogen) atoms. The molecule has 0 saturated heterocycles. The van der Waals surface area contributed by atoms with Crippen LogP contribution < -0.4 is 0 Å². The number of methoxy groups -OCH3 is 1. The van der Waals surface area contributed by atoms with Gasteiger partial charge in [-0.25, -0.2) is 4.39 Å². The lowest BCUT2D eigenvalue weighted by molar-refractivity contribution is -0.142. The second-order valence-corrected chi connectivity index (χ2v) is 3.39. The molecule has 0 saturated carbocycles. The molecule has 0 atom stereocenters. The van der Waals surface area contributed by atoms with Gasteiger partial charge in [-0.2, -0.15) is 0 Å². The van der Waals surface area contributed by atoms with Crippen molar-refractivity contribution >= 4 is 5.97 Å². The van der Waals surface area contributed by atoms with Crippen LogP contribution in [-0.2, 0) is 16.1 Å². The minimum Gasteiger partial charge on any atom is -0.468 e. The first-order valence-electron chi connectivity index (χ1n) is 5.04. The molecule has 0 N–H and O–H groups in total. The van der Waals surface area contributed by atoms with E-state index in [2.05, 4.69) is 9.72 Å². The number of hydrogen-bond acceptors (Lipinski definition) is 4. The van der Waals surface area contributed by atoms with Crippen LogP contribution in [0.25, 0.3) is 0 Å². The zero-order valence-corrected chi connectivity index (χ0v) is 9.44. The van der Waals surface area contributed by atoms with Gasteiger partial charge in [-0.1, -0.05) is 6.92 Å². The van der Waals surface area contributed by atoms with Gasteiger partial charge in [0.25, 0.3) is 0 Å². The number of carbonyl (C=O) groups excluding carboxylic acids is 1. The van der Waals surface area contributed by atoms with E-state index < -0.39 is 0 Å². The van der Waals surface area contributed by atoms with Crippen molar-refractivity contribution in [3.8, 4) is 0 Å². The Morgan fingerprint density at radius 2 is 2.31 bits per heavy atom. The van der Waals surface area contributed by atoms with Crippen LogP contribution in [0.5, 0.6) is 0 Å². The van der Waals surface area contributed by atoms with Crippen molar-refractivity contribution in [2.24, 2.45) is 0 Å². The van der Waals surface area contributed by atoms with Gasteiger partial charge in [-0.3, -0.25) is 14.7 Å². The van der Waals surface area contributed by atoms with E-state index in [1.807, 2.05) is 11.8 Å². The average Bonchev–Trinajstić information content (AvgIpc) is 2.28. The number of pyridine rings is 1. The zero-order valence-electron chi connectivity index (χ0n) is 9.44. The molecule has 1 aromatic rings. The highest BCUT2D eigenvalue weighted by atomic mass is 19.1. The summed E-state index contributed by atoms with van der Waals surface area (Å²) in [6, 6.07) is 1.41. The Hall–Kier alpha value is -1.49. The maximum absolute atomic E-state index is 12.9. The van der Waals surface area contributed by atoms with Crippen LogP contribution in [-0.4, -0.2) is 36.1 Å². The summed E-state index contributed by atoms with van der Waals surface area (Å²) in [5.74, 6) is -0.669. The molecule has 0 unspecified atom stereocenters. The molecule has 0 aliphatic heterocycles. The molecule has 1 aromatic heterocycles. The van der Waals surface area contributed by atoms with Gasteiger partial charge < -0.3 is 4.74 Å². The monoisotopic (exact) mass is 226 g/mol. The highest BCUT2D eigenvalue weighted by molar-refractivity contribution is 5.71. The van der Waals surface area contributed by atoms with E-state index in [9.17, 15) is 9.18 Å². The second kappa shape index (κ2) is 6.17. The van der Waals surface area contributed by atoms with Gasteiger partial charge in [-0.05, 0) is 18.2 Å². The number of ether oxygens (including phenoxy) is 1. The number of carbonyl (C=O) groups is 1. The summed E-state index contributed by atoms with van der Waals surface area (Å²) in [4.78, 5) is 16.7. The van der Waals surface area contributed by atoms with Crippen LogP contribution in [0.3, 0.4) is 0 Å². The van der Waals surface area contributed by atoms with E-state index in [0.717, 1.165) is 11.8 Å². The highest BCUT2D eigenvalue weighted by Gasteiger charge is 2.10. The van der Waals surface area contributed by atoms with Crippen molar-refractivity contribution in [1.82, 2.24) is 9.88 Å². The molecule has 0 spiro atoms. The standard InChI is InChI=1S/C11H15FN2O2/c1-3-14(8-11(15)16-2)7-9-4-10(12)6-13-5-9/h4-6H,3,7-8H2,1-2H3. The quantitative estimate of drug-likeness (QED) is 0.708. The first kappa shape index (κ1) is 12.6. The van der Waals surface area contributed by atoms with Crippen molar-refractivity contribution < 1.29 is 13.9 Å². The smallest absolute Gasteiger partial charge is 0.319 e. The molecule has 0 bridgehead atoms. The predicted molar refractivity (Wildman–Crippen MR) is 57.2 cm³/mol. The van der Waals surface area contributed by atoms with Gasteiger partial charge >= 0.3 is 5.97 Å². The third kappa shape index (κ3) is 3.94. The van der Waals surface area contributed by atoms with Gasteiger partial charge in [0.05, 0.1) is 19.9 Å². The minimum atomic E-state index is -0.369. The molecule has 1 rings (SSSR count). The topological polar surface area (TPSA) is 42.4 Å². The Morgan fingerprint density at radius 1 is 1.56 bits per heavy atom. The van der Waals surface area contributed by atoms with Crippen molar-refractivity contribution in [3.63, 3.8) is 0 Å². The number of likely N-dealkylation sites (N-methyl/N-ethyl adjacent to an activating group) is 1. The van der Waals surface area contributed by atoms with Gasteiger partial charge in [0.2, 0.25) is 0 Å². The van der Waals surface area contributed by atoms with E-state index in [0.29, 0.717) is 13.1 Å². The van der Waals surface area contributed by atoms with Crippen molar-refractivity contribution in [2.45, 2.75) is 13.5 Å². The van der Waals surface area contributed by atoms with E-state index >= 15 is 0 Å². The summed E-state index contributed by atoms with van der Waals surface area (Å²) in [6.07, 6.45) is 2.74. The van der Waals surface area contributed by atoms with Crippen LogP contribution in [0.4, 0.5) is 4.39 Å². The van der Waals surface area contributed by atoms with Crippen molar-refractivity contribution in [2.75, 3.05) is 20.2 Å². The Morgan fingerprint density at radius 3 is 2.88 bits per heavy atom. The highest BCUT2D eigenvalue weighted by Crippen LogP contribution is 2.05. The molecule has 0 aliphatic carbocycles. The number of esters is 1. The van der Waals surface area contributed by atoms with Crippen LogP contribution in [0.15, 0.2) is 18.5 Å². The molecule has 0 fully saturated rings. The molecule has 5 heteroatoms. The molecule has 1 heterocycles. The fraction of sp³-hybridized carbons (Fsp3) is 0.455. The number of hydrogen-bond donors (Lipinski definition) is 0. The third-order valence-corrected chi connectivity index (χ3v) is 2.20. The Bertz CT molecular complexity index is 358. The molecule has 0 amide bonds. The van der Waals surface area contributed by atoms with Gasteiger partial charge in [0.1, 0.15) is 5.82 Å².